The Morgan fingerprint density at radius 2 is 1.71 bits per heavy atom. The Hall–Kier alpha value is -4.02. The van der Waals surface area contributed by atoms with E-state index in [-0.39, 0.29) is 35.3 Å². The van der Waals surface area contributed by atoms with Gasteiger partial charge in [0.2, 0.25) is 5.91 Å². The number of amides is 1. The summed E-state index contributed by atoms with van der Waals surface area (Å²) in [7, 11) is -5.39. The quantitative estimate of drug-likeness (QED) is 0.174. The van der Waals surface area contributed by atoms with Gasteiger partial charge in [0, 0.05) is 18.0 Å². The molecule has 0 saturated heterocycles. The first-order valence-corrected chi connectivity index (χ1v) is 14.6. The molecule has 1 amide bonds. The maximum absolute atomic E-state index is 13.5. The molecule has 0 aliphatic heterocycles. The van der Waals surface area contributed by atoms with Crippen LogP contribution in [-0.4, -0.2) is 48.9 Å². The van der Waals surface area contributed by atoms with Crippen LogP contribution in [0.1, 0.15) is 46.7 Å². The topological polar surface area (TPSA) is 165 Å². The summed E-state index contributed by atoms with van der Waals surface area (Å²) in [5, 5.41) is 0.551. The number of ether oxygens (including phenoxy) is 1. The van der Waals surface area contributed by atoms with E-state index in [1.807, 2.05) is 13.8 Å². The summed E-state index contributed by atoms with van der Waals surface area (Å²) in [6.07, 6.45) is 2.73. The van der Waals surface area contributed by atoms with Crippen LogP contribution in [0.25, 0.3) is 10.9 Å². The molecule has 0 aliphatic rings. The minimum atomic E-state index is -5.39. The van der Waals surface area contributed by atoms with E-state index in [0.29, 0.717) is 28.5 Å². The fourth-order valence-electron chi connectivity index (χ4n) is 4.64. The number of esters is 1. The van der Waals surface area contributed by atoms with Gasteiger partial charge >= 0.3 is 13.7 Å². The van der Waals surface area contributed by atoms with Crippen molar-refractivity contribution in [3.63, 3.8) is 0 Å². The fourth-order valence-corrected chi connectivity index (χ4v) is 5.51. The van der Waals surface area contributed by atoms with Crippen molar-refractivity contribution >= 4 is 36.4 Å². The van der Waals surface area contributed by atoms with Crippen LogP contribution in [-0.2, 0) is 27.1 Å². The third kappa shape index (κ3) is 7.01. The van der Waals surface area contributed by atoms with E-state index in [1.54, 1.807) is 54.6 Å². The number of nitrogens with zero attached hydrogens (tertiary/aromatic N) is 2. The third-order valence-corrected chi connectivity index (χ3v) is 7.52. The second-order valence-corrected chi connectivity index (χ2v) is 11.5. The minimum absolute atomic E-state index is 0.170. The van der Waals surface area contributed by atoms with Gasteiger partial charge in [-0.05, 0) is 41.7 Å². The Bertz CT molecular complexity index is 1560. The number of benzene rings is 2. The summed E-state index contributed by atoms with van der Waals surface area (Å²) < 4.78 is 24.8. The summed E-state index contributed by atoms with van der Waals surface area (Å²) >= 11 is 0. The molecule has 2 heterocycles. The van der Waals surface area contributed by atoms with Crippen LogP contribution in [0.4, 0.5) is 0 Å². The molecule has 0 bridgehead atoms. The number of fused-ring (bicyclic) bond motifs is 1. The van der Waals surface area contributed by atoms with Gasteiger partial charge in [0.15, 0.2) is 5.76 Å². The van der Waals surface area contributed by atoms with Crippen LogP contribution in [0.5, 0.6) is 0 Å². The molecule has 4 rings (SSSR count). The standard InChI is InChI=1S/C29H32N3O8P/c1-19(2)15-23(30)27(33)31-17-21(22-11-6-7-12-24(22)31)16-25(29(35)40-18-20-9-4-3-5-10-20)32(41(36,37)38)28(34)26-13-8-14-39-26/h3-14,17,19,23,25H,15-16,18,30H2,1-2H3,(H2,36,37,38)/t23-,25-/m0/s1. The average Bonchev–Trinajstić information content (AvgIpc) is 3.59. The molecule has 4 N–H and O–H groups in total. The van der Waals surface area contributed by atoms with Crippen molar-refractivity contribution < 1.29 is 37.9 Å². The van der Waals surface area contributed by atoms with Gasteiger partial charge in [-0.15, -0.1) is 0 Å². The highest BCUT2D eigenvalue weighted by molar-refractivity contribution is 7.50. The van der Waals surface area contributed by atoms with E-state index in [0.717, 1.165) is 0 Å². The number of furan rings is 1. The molecule has 0 saturated carbocycles. The van der Waals surface area contributed by atoms with Gasteiger partial charge in [0.25, 0.3) is 5.91 Å². The highest BCUT2D eigenvalue weighted by Gasteiger charge is 2.44. The second-order valence-electron chi connectivity index (χ2n) is 10.1. The molecule has 0 radical (unpaired) electrons. The Kier molecular flexibility index (Phi) is 9.25. The van der Waals surface area contributed by atoms with Crippen LogP contribution in [0, 0.1) is 5.92 Å². The molecular weight excluding hydrogens is 549 g/mol. The van der Waals surface area contributed by atoms with E-state index < -0.39 is 31.7 Å². The van der Waals surface area contributed by atoms with Crippen LogP contribution in [0.15, 0.2) is 83.6 Å². The predicted octanol–water partition coefficient (Wildman–Crippen LogP) is 4.14. The monoisotopic (exact) mass is 581 g/mol. The molecule has 41 heavy (non-hydrogen) atoms. The lowest BCUT2D eigenvalue weighted by atomic mass is 10.0. The fraction of sp³-hybridized carbons (Fsp3) is 0.276. The van der Waals surface area contributed by atoms with E-state index in [4.69, 9.17) is 14.9 Å². The molecule has 0 spiro atoms. The molecule has 12 heteroatoms. The van der Waals surface area contributed by atoms with Crippen molar-refractivity contribution in [3.8, 4) is 0 Å². The molecule has 11 nitrogen and oxygen atoms in total. The molecule has 2 aromatic carbocycles. The number of hydrogen-bond acceptors (Lipinski definition) is 7. The van der Waals surface area contributed by atoms with E-state index in [9.17, 15) is 28.7 Å². The molecule has 0 unspecified atom stereocenters. The van der Waals surface area contributed by atoms with E-state index >= 15 is 0 Å². The summed E-state index contributed by atoms with van der Waals surface area (Å²) in [6, 6.07) is 15.7. The second kappa shape index (κ2) is 12.7. The Morgan fingerprint density at radius 3 is 2.34 bits per heavy atom. The van der Waals surface area contributed by atoms with Gasteiger partial charge in [-0.2, -0.15) is 0 Å². The molecule has 216 valence electrons. The maximum atomic E-state index is 13.5. The largest absolute Gasteiger partial charge is 0.459 e. The van der Waals surface area contributed by atoms with Crippen molar-refractivity contribution in [2.75, 3.05) is 0 Å². The SMILES string of the molecule is CC(C)C[C@H](N)C(=O)n1cc(C[C@@H](C(=O)OCc2ccccc2)N(C(=O)c2ccco2)P(=O)(O)O)c2ccccc21. The van der Waals surface area contributed by atoms with Gasteiger partial charge in [0.1, 0.15) is 12.6 Å². The predicted molar refractivity (Wildman–Crippen MR) is 151 cm³/mol. The zero-order valence-corrected chi connectivity index (χ0v) is 23.5. The summed E-state index contributed by atoms with van der Waals surface area (Å²) in [5.74, 6) is -2.81. The molecule has 0 aliphatic carbocycles. The highest BCUT2D eigenvalue weighted by atomic mass is 31.2. The van der Waals surface area contributed by atoms with Crippen LogP contribution < -0.4 is 5.73 Å². The van der Waals surface area contributed by atoms with Gasteiger partial charge in [0.05, 0.1) is 17.8 Å². The summed E-state index contributed by atoms with van der Waals surface area (Å²) in [6.45, 7) is 3.71. The van der Waals surface area contributed by atoms with Gasteiger partial charge < -0.3 is 24.7 Å². The van der Waals surface area contributed by atoms with Crippen molar-refractivity contribution in [2.24, 2.45) is 11.7 Å². The van der Waals surface area contributed by atoms with Crippen molar-refractivity contribution in [1.82, 2.24) is 9.24 Å². The lowest BCUT2D eigenvalue weighted by Gasteiger charge is -2.29. The Morgan fingerprint density at radius 1 is 1.02 bits per heavy atom. The number of rotatable bonds is 11. The number of aromatic nitrogens is 1. The first-order chi connectivity index (χ1) is 19.5. The van der Waals surface area contributed by atoms with Gasteiger partial charge in [-0.25, -0.2) is 14.0 Å². The maximum Gasteiger partial charge on any atom is 0.433 e. The third-order valence-electron chi connectivity index (χ3n) is 6.50. The van der Waals surface area contributed by atoms with E-state index in [1.165, 1.54) is 29.2 Å². The minimum Gasteiger partial charge on any atom is -0.459 e. The first kappa shape index (κ1) is 30.0. The number of para-hydroxylation sites is 1. The number of hydrogen-bond donors (Lipinski definition) is 3. The molecule has 4 aromatic rings. The molecule has 0 fully saturated rings. The Labute approximate surface area is 236 Å². The Balaban J connectivity index is 1.77. The van der Waals surface area contributed by atoms with Crippen LogP contribution in [0.2, 0.25) is 0 Å². The average molecular weight is 582 g/mol. The summed E-state index contributed by atoms with van der Waals surface area (Å²) in [5.41, 5.74) is 7.71. The zero-order valence-electron chi connectivity index (χ0n) is 22.6. The molecule has 2 atom stereocenters. The number of carbonyl (C=O) groups is 3. The van der Waals surface area contributed by atoms with Crippen molar-refractivity contribution in [1.29, 1.82) is 0 Å². The van der Waals surface area contributed by atoms with Crippen molar-refractivity contribution in [2.45, 2.75) is 45.4 Å². The lowest BCUT2D eigenvalue weighted by molar-refractivity contribution is -0.149. The van der Waals surface area contributed by atoms with Crippen molar-refractivity contribution in [3.05, 3.63) is 96.1 Å². The van der Waals surface area contributed by atoms with Crippen LogP contribution >= 0.6 is 7.75 Å². The number of nitrogens with two attached hydrogens (primary N) is 1. The first-order valence-electron chi connectivity index (χ1n) is 13.0. The summed E-state index contributed by atoms with van der Waals surface area (Å²) in [4.78, 5) is 60.6. The van der Waals surface area contributed by atoms with Gasteiger partial charge in [-0.3, -0.25) is 14.2 Å². The normalized spacial score (nSPS) is 13.2. The smallest absolute Gasteiger partial charge is 0.433 e. The zero-order chi connectivity index (χ0) is 29.7. The molecular formula is C29H32N3O8P. The van der Waals surface area contributed by atoms with Crippen LogP contribution in [0.3, 0.4) is 0 Å². The van der Waals surface area contributed by atoms with Gasteiger partial charge in [-0.1, -0.05) is 62.4 Å². The molecule has 2 aromatic heterocycles. The number of carbonyl (C=O) groups excluding carboxylic acids is 3. The highest BCUT2D eigenvalue weighted by Crippen LogP contribution is 2.44. The van der Waals surface area contributed by atoms with E-state index in [2.05, 4.69) is 0 Å². The lowest BCUT2D eigenvalue weighted by Crippen LogP contribution is -2.45.